The standard InChI is InChI=1S/C26H30N4O2/c1-17-10-18(2)12-22(11-17)20-7-9-30(15-20)26(32)21-4-3-8-29(16-21)25(31)19-5-6-24-23(13-19)14-27-28-24/h5-6,10-14,20-21H,3-4,7-9,15-16H2,1-2H3,(H,27,28). The zero-order chi connectivity index (χ0) is 22.2. The van der Waals surface area contributed by atoms with Crippen molar-refractivity contribution in [1.82, 2.24) is 20.0 Å². The molecule has 166 valence electrons. The first kappa shape index (κ1) is 20.7. The average molecular weight is 431 g/mol. The Balaban J connectivity index is 1.25. The van der Waals surface area contributed by atoms with Gasteiger partial charge in [-0.15, -0.1) is 0 Å². The number of aromatic amines is 1. The molecule has 2 fully saturated rings. The van der Waals surface area contributed by atoms with Crippen LogP contribution in [-0.2, 0) is 4.79 Å². The van der Waals surface area contributed by atoms with Gasteiger partial charge in [0.05, 0.1) is 17.6 Å². The molecule has 0 radical (unpaired) electrons. The Labute approximate surface area is 188 Å². The fourth-order valence-corrected chi connectivity index (χ4v) is 5.36. The molecular formula is C26H30N4O2. The Kier molecular flexibility index (Phi) is 5.45. The smallest absolute Gasteiger partial charge is 0.253 e. The third-order valence-electron chi connectivity index (χ3n) is 6.96. The molecule has 2 saturated heterocycles. The number of amides is 2. The SMILES string of the molecule is Cc1cc(C)cc(C2CCN(C(=O)C3CCCN(C(=O)c4ccc5[nH]ncc5c4)C3)C2)c1. The number of carbonyl (C=O) groups is 2. The normalized spacial score (nSPS) is 21.3. The molecule has 0 aliphatic carbocycles. The zero-order valence-electron chi connectivity index (χ0n) is 18.8. The van der Waals surface area contributed by atoms with Crippen LogP contribution in [0.4, 0.5) is 0 Å². The minimum atomic E-state index is -0.108. The average Bonchev–Trinajstić information content (AvgIpc) is 3.47. The maximum Gasteiger partial charge on any atom is 0.253 e. The number of hydrogen-bond acceptors (Lipinski definition) is 3. The minimum Gasteiger partial charge on any atom is -0.342 e. The van der Waals surface area contributed by atoms with Gasteiger partial charge in [-0.2, -0.15) is 5.10 Å². The number of nitrogens with zero attached hydrogens (tertiary/aromatic N) is 3. The number of carbonyl (C=O) groups excluding carboxylic acids is 2. The van der Waals surface area contributed by atoms with Gasteiger partial charge in [0, 0.05) is 43.0 Å². The Morgan fingerprint density at radius 2 is 1.78 bits per heavy atom. The summed E-state index contributed by atoms with van der Waals surface area (Å²) in [5, 5.41) is 7.87. The summed E-state index contributed by atoms with van der Waals surface area (Å²) in [6.07, 6.45) is 4.46. The number of hydrogen-bond donors (Lipinski definition) is 1. The van der Waals surface area contributed by atoms with Crippen LogP contribution in [0.5, 0.6) is 0 Å². The molecule has 2 aliphatic rings. The highest BCUT2D eigenvalue weighted by Gasteiger charge is 2.35. The zero-order valence-corrected chi connectivity index (χ0v) is 18.8. The van der Waals surface area contributed by atoms with E-state index in [1.807, 2.05) is 28.0 Å². The summed E-state index contributed by atoms with van der Waals surface area (Å²) >= 11 is 0. The van der Waals surface area contributed by atoms with E-state index in [9.17, 15) is 9.59 Å². The van der Waals surface area contributed by atoms with Crippen LogP contribution in [-0.4, -0.2) is 58.0 Å². The fourth-order valence-electron chi connectivity index (χ4n) is 5.36. The predicted molar refractivity (Wildman–Crippen MR) is 125 cm³/mol. The molecule has 0 saturated carbocycles. The second kappa shape index (κ2) is 8.41. The Bertz CT molecular complexity index is 1150. The summed E-state index contributed by atoms with van der Waals surface area (Å²) in [7, 11) is 0. The molecule has 6 nitrogen and oxygen atoms in total. The van der Waals surface area contributed by atoms with E-state index in [0.717, 1.165) is 43.3 Å². The van der Waals surface area contributed by atoms with Crippen molar-refractivity contribution in [2.45, 2.75) is 39.0 Å². The van der Waals surface area contributed by atoms with E-state index >= 15 is 0 Å². The highest BCUT2D eigenvalue weighted by molar-refractivity contribution is 5.98. The molecular weight excluding hydrogens is 400 g/mol. The van der Waals surface area contributed by atoms with Crippen LogP contribution in [0.2, 0.25) is 0 Å². The van der Waals surface area contributed by atoms with Crippen LogP contribution in [0, 0.1) is 19.8 Å². The van der Waals surface area contributed by atoms with Gasteiger partial charge in [0.15, 0.2) is 0 Å². The number of fused-ring (bicyclic) bond motifs is 1. The number of nitrogens with one attached hydrogen (secondary N) is 1. The number of piperidine rings is 1. The summed E-state index contributed by atoms with van der Waals surface area (Å²) in [5.41, 5.74) is 5.47. The first-order valence-electron chi connectivity index (χ1n) is 11.6. The maximum absolute atomic E-state index is 13.3. The molecule has 0 spiro atoms. The molecule has 1 aromatic heterocycles. The molecule has 5 rings (SSSR count). The third-order valence-corrected chi connectivity index (χ3v) is 6.96. The lowest BCUT2D eigenvalue weighted by atomic mass is 9.94. The summed E-state index contributed by atoms with van der Waals surface area (Å²) in [5.74, 6) is 0.503. The lowest BCUT2D eigenvalue weighted by Crippen LogP contribution is -2.46. The van der Waals surface area contributed by atoms with Gasteiger partial charge >= 0.3 is 0 Å². The van der Waals surface area contributed by atoms with Crippen LogP contribution < -0.4 is 0 Å². The Morgan fingerprint density at radius 3 is 2.59 bits per heavy atom. The van der Waals surface area contributed by atoms with E-state index in [2.05, 4.69) is 42.2 Å². The first-order valence-corrected chi connectivity index (χ1v) is 11.6. The van der Waals surface area contributed by atoms with Gasteiger partial charge in [-0.3, -0.25) is 14.7 Å². The van der Waals surface area contributed by atoms with Gasteiger partial charge in [-0.25, -0.2) is 0 Å². The number of rotatable bonds is 3. The van der Waals surface area contributed by atoms with Crippen molar-refractivity contribution >= 4 is 22.7 Å². The van der Waals surface area contributed by atoms with Crippen molar-refractivity contribution in [3.63, 3.8) is 0 Å². The predicted octanol–water partition coefficient (Wildman–Crippen LogP) is 4.05. The molecule has 1 N–H and O–H groups in total. The molecule has 6 heteroatoms. The van der Waals surface area contributed by atoms with Crippen molar-refractivity contribution < 1.29 is 9.59 Å². The number of aromatic nitrogens is 2. The van der Waals surface area contributed by atoms with E-state index in [1.165, 1.54) is 16.7 Å². The topological polar surface area (TPSA) is 69.3 Å². The molecule has 3 aromatic rings. The molecule has 2 aromatic carbocycles. The Morgan fingerprint density at radius 1 is 0.969 bits per heavy atom. The summed E-state index contributed by atoms with van der Waals surface area (Å²) in [4.78, 5) is 30.3. The Hall–Kier alpha value is -3.15. The number of aryl methyl sites for hydroxylation is 2. The lowest BCUT2D eigenvalue weighted by Gasteiger charge is -2.34. The van der Waals surface area contributed by atoms with Crippen molar-refractivity contribution in [1.29, 1.82) is 0 Å². The van der Waals surface area contributed by atoms with Crippen molar-refractivity contribution in [3.05, 3.63) is 64.8 Å². The van der Waals surface area contributed by atoms with E-state index < -0.39 is 0 Å². The highest BCUT2D eigenvalue weighted by atomic mass is 16.2. The van der Waals surface area contributed by atoms with E-state index in [0.29, 0.717) is 24.6 Å². The van der Waals surface area contributed by atoms with Gasteiger partial charge < -0.3 is 9.80 Å². The van der Waals surface area contributed by atoms with Crippen LogP contribution in [0.25, 0.3) is 10.9 Å². The van der Waals surface area contributed by atoms with Crippen molar-refractivity contribution in [3.8, 4) is 0 Å². The molecule has 2 aliphatic heterocycles. The van der Waals surface area contributed by atoms with Gasteiger partial charge in [0.1, 0.15) is 0 Å². The summed E-state index contributed by atoms with van der Waals surface area (Å²) in [6.45, 7) is 7.06. The van der Waals surface area contributed by atoms with E-state index in [1.54, 1.807) is 6.20 Å². The molecule has 2 atom stereocenters. The van der Waals surface area contributed by atoms with Gasteiger partial charge in [-0.05, 0) is 56.9 Å². The number of H-pyrrole nitrogens is 1. The monoisotopic (exact) mass is 430 g/mol. The van der Waals surface area contributed by atoms with Crippen molar-refractivity contribution in [2.75, 3.05) is 26.2 Å². The first-order chi connectivity index (χ1) is 15.5. The molecule has 2 amide bonds. The van der Waals surface area contributed by atoms with Gasteiger partial charge in [0.25, 0.3) is 5.91 Å². The molecule has 3 heterocycles. The lowest BCUT2D eigenvalue weighted by molar-refractivity contribution is -0.135. The van der Waals surface area contributed by atoms with Crippen molar-refractivity contribution in [2.24, 2.45) is 5.92 Å². The van der Waals surface area contributed by atoms with Crippen LogP contribution in [0.1, 0.15) is 52.2 Å². The van der Waals surface area contributed by atoms with E-state index in [4.69, 9.17) is 0 Å². The largest absolute Gasteiger partial charge is 0.342 e. The summed E-state index contributed by atoms with van der Waals surface area (Å²) in [6, 6.07) is 12.3. The number of benzene rings is 2. The third kappa shape index (κ3) is 4.01. The maximum atomic E-state index is 13.3. The van der Waals surface area contributed by atoms with Gasteiger partial charge in [0.2, 0.25) is 5.91 Å². The second-order valence-electron chi connectivity index (χ2n) is 9.45. The van der Waals surface area contributed by atoms with E-state index in [-0.39, 0.29) is 17.7 Å². The molecule has 2 unspecified atom stereocenters. The number of likely N-dealkylation sites (tertiary alicyclic amines) is 2. The van der Waals surface area contributed by atoms with Crippen LogP contribution >= 0.6 is 0 Å². The van der Waals surface area contributed by atoms with Crippen LogP contribution in [0.3, 0.4) is 0 Å². The quantitative estimate of drug-likeness (QED) is 0.682. The molecule has 0 bridgehead atoms. The van der Waals surface area contributed by atoms with Gasteiger partial charge in [-0.1, -0.05) is 29.3 Å². The highest BCUT2D eigenvalue weighted by Crippen LogP contribution is 2.31. The fraction of sp³-hybridized carbons (Fsp3) is 0.423. The minimum absolute atomic E-state index is 0.000124. The van der Waals surface area contributed by atoms with Crippen LogP contribution in [0.15, 0.2) is 42.6 Å². The summed E-state index contributed by atoms with van der Waals surface area (Å²) < 4.78 is 0. The molecule has 32 heavy (non-hydrogen) atoms. The second-order valence-corrected chi connectivity index (χ2v) is 9.45.